The first-order valence-corrected chi connectivity index (χ1v) is 13.4. The van der Waals surface area contributed by atoms with Gasteiger partial charge in [-0.1, -0.05) is 42.8 Å². The van der Waals surface area contributed by atoms with Crippen LogP contribution in [0.25, 0.3) is 0 Å². The van der Waals surface area contributed by atoms with Crippen LogP contribution in [0.5, 0.6) is 0 Å². The van der Waals surface area contributed by atoms with Crippen LogP contribution < -0.4 is 0 Å². The summed E-state index contributed by atoms with van der Waals surface area (Å²) in [6.45, 7) is 7.66. The molecule has 0 amide bonds. The summed E-state index contributed by atoms with van der Waals surface area (Å²) in [6.07, 6.45) is 3.06. The van der Waals surface area contributed by atoms with E-state index in [2.05, 4.69) is 17.0 Å². The fourth-order valence-electron chi connectivity index (χ4n) is 4.98. The van der Waals surface area contributed by atoms with Gasteiger partial charge in [-0.15, -0.1) is 0 Å². The quantitative estimate of drug-likeness (QED) is 0.338. The van der Waals surface area contributed by atoms with E-state index in [1.165, 1.54) is 11.6 Å². The molecule has 5 nitrogen and oxygen atoms in total. The van der Waals surface area contributed by atoms with Crippen LogP contribution >= 0.6 is 11.6 Å². The fraction of sp³-hybridized carbons (Fsp3) is 0.552. The van der Waals surface area contributed by atoms with E-state index >= 15 is 0 Å². The summed E-state index contributed by atoms with van der Waals surface area (Å²) < 4.78 is 25.7. The number of esters is 1. The zero-order valence-electron chi connectivity index (χ0n) is 21.6. The van der Waals surface area contributed by atoms with Crippen LogP contribution in [0.15, 0.2) is 36.4 Å². The number of carbonyl (C=O) groups excluding carboxylic acids is 1. The van der Waals surface area contributed by atoms with Gasteiger partial charge in [0, 0.05) is 24.0 Å². The number of aliphatic hydroxyl groups is 1. The molecule has 1 aliphatic rings. The van der Waals surface area contributed by atoms with Crippen molar-refractivity contribution in [3.63, 3.8) is 0 Å². The van der Waals surface area contributed by atoms with Gasteiger partial charge in [-0.05, 0) is 86.9 Å². The Morgan fingerprint density at radius 2 is 2.08 bits per heavy atom. The number of ether oxygens (including phenoxy) is 2. The van der Waals surface area contributed by atoms with Crippen LogP contribution in [0.3, 0.4) is 0 Å². The summed E-state index contributed by atoms with van der Waals surface area (Å²) >= 11 is 6.31. The molecule has 3 atom stereocenters. The first kappa shape index (κ1) is 28.6. The van der Waals surface area contributed by atoms with Gasteiger partial charge in [0.05, 0.1) is 25.4 Å². The maximum atomic E-state index is 14.6. The third-order valence-corrected chi connectivity index (χ3v) is 7.31. The number of aliphatic hydroxyl groups excluding tert-OH is 1. The number of rotatable bonds is 13. The number of halogens is 2. The first-order valence-electron chi connectivity index (χ1n) is 13.0. The second kappa shape index (κ2) is 14.1. The molecule has 0 aliphatic carbocycles. The highest BCUT2D eigenvalue weighted by molar-refractivity contribution is 6.31. The lowest BCUT2D eigenvalue weighted by atomic mass is 9.96. The zero-order chi connectivity index (χ0) is 26.1. The third-order valence-electron chi connectivity index (χ3n) is 6.90. The lowest BCUT2D eigenvalue weighted by Crippen LogP contribution is -2.39. The van der Waals surface area contributed by atoms with Crippen molar-refractivity contribution in [1.29, 1.82) is 0 Å². The van der Waals surface area contributed by atoms with Crippen molar-refractivity contribution in [2.45, 2.75) is 77.5 Å². The van der Waals surface area contributed by atoms with E-state index in [9.17, 15) is 14.3 Å². The van der Waals surface area contributed by atoms with Crippen molar-refractivity contribution in [2.75, 3.05) is 26.3 Å². The Kier molecular flexibility index (Phi) is 11.2. The number of carbonyl (C=O) groups is 1. The van der Waals surface area contributed by atoms with Gasteiger partial charge in [0.25, 0.3) is 0 Å². The van der Waals surface area contributed by atoms with Crippen molar-refractivity contribution < 1.29 is 23.8 Å². The number of likely N-dealkylation sites (tertiary alicyclic amines) is 1. The monoisotopic (exact) mass is 519 g/mol. The van der Waals surface area contributed by atoms with Gasteiger partial charge in [-0.3, -0.25) is 9.69 Å². The van der Waals surface area contributed by atoms with Gasteiger partial charge in [0.1, 0.15) is 5.82 Å². The van der Waals surface area contributed by atoms with Gasteiger partial charge in [-0.2, -0.15) is 0 Å². The number of nitrogens with zero attached hydrogens (tertiary/aromatic N) is 1. The van der Waals surface area contributed by atoms with Crippen LogP contribution in [0.1, 0.15) is 67.9 Å². The number of β-amino-alcohol motifs (C(OH)–C–C–N with tert-alkyl or cyclic N) is 1. The molecule has 0 bridgehead atoms. The van der Waals surface area contributed by atoms with E-state index in [4.69, 9.17) is 21.1 Å². The molecule has 0 aromatic heterocycles. The van der Waals surface area contributed by atoms with Crippen molar-refractivity contribution in [3.8, 4) is 0 Å². The minimum Gasteiger partial charge on any atom is -0.466 e. The molecule has 7 heteroatoms. The number of hydrogen-bond donors (Lipinski definition) is 1. The lowest BCUT2D eigenvalue weighted by molar-refractivity contribution is -0.143. The average Bonchev–Trinajstić information content (AvgIpc) is 3.27. The van der Waals surface area contributed by atoms with Crippen LogP contribution in [0.2, 0.25) is 5.02 Å². The predicted molar refractivity (Wildman–Crippen MR) is 141 cm³/mol. The zero-order valence-corrected chi connectivity index (χ0v) is 22.4. The largest absolute Gasteiger partial charge is 0.466 e. The van der Waals surface area contributed by atoms with Crippen LogP contribution in [-0.2, 0) is 27.1 Å². The van der Waals surface area contributed by atoms with Gasteiger partial charge < -0.3 is 14.6 Å². The molecule has 36 heavy (non-hydrogen) atoms. The van der Waals surface area contributed by atoms with Crippen LogP contribution in [-0.4, -0.2) is 54.4 Å². The van der Waals surface area contributed by atoms with E-state index in [1.54, 1.807) is 13.0 Å². The standard InChI is InChI=1S/C29H39ClFNO4/c1-4-28(25-9-6-10-27(31)24(25)13-14-29(34)35-5-2)36-19-23(33)18-32-15-7-8-22(32)16-21-12-11-20(3)26(30)17-21/h6,9-12,17,22-23,28,33H,4-5,7-8,13-16,18-19H2,1-3H3/t22-,23+,28+/m0/s1. The Balaban J connectivity index is 1.57. The highest BCUT2D eigenvalue weighted by atomic mass is 35.5. The summed E-state index contributed by atoms with van der Waals surface area (Å²) in [5.41, 5.74) is 3.48. The molecule has 1 saturated heterocycles. The molecular formula is C29H39ClFNO4. The summed E-state index contributed by atoms with van der Waals surface area (Å²) in [5, 5.41) is 11.6. The Morgan fingerprint density at radius 1 is 1.28 bits per heavy atom. The van der Waals surface area contributed by atoms with E-state index in [0.29, 0.717) is 31.2 Å². The van der Waals surface area contributed by atoms with Gasteiger partial charge in [0.15, 0.2) is 0 Å². The maximum Gasteiger partial charge on any atom is 0.306 e. The summed E-state index contributed by atoms with van der Waals surface area (Å²) in [7, 11) is 0. The number of aryl methyl sites for hydroxylation is 1. The molecule has 1 fully saturated rings. The van der Waals surface area contributed by atoms with Crippen molar-refractivity contribution in [3.05, 3.63) is 69.5 Å². The molecule has 1 heterocycles. The molecule has 3 rings (SSSR count). The Labute approximate surface area is 219 Å². The van der Waals surface area contributed by atoms with E-state index < -0.39 is 6.10 Å². The van der Waals surface area contributed by atoms with Crippen LogP contribution in [0, 0.1) is 12.7 Å². The smallest absolute Gasteiger partial charge is 0.306 e. The Morgan fingerprint density at radius 3 is 2.81 bits per heavy atom. The minimum atomic E-state index is -0.655. The molecule has 1 aliphatic heterocycles. The maximum absolute atomic E-state index is 14.6. The number of benzene rings is 2. The second-order valence-corrected chi connectivity index (χ2v) is 9.98. The second-order valence-electron chi connectivity index (χ2n) is 9.58. The third kappa shape index (κ3) is 8.01. The van der Waals surface area contributed by atoms with Gasteiger partial charge in [-0.25, -0.2) is 4.39 Å². The Bertz CT molecular complexity index is 1000. The molecule has 0 spiro atoms. The molecule has 0 radical (unpaired) electrons. The average molecular weight is 520 g/mol. The molecular weight excluding hydrogens is 481 g/mol. The Hall–Kier alpha value is -1.99. The first-order chi connectivity index (χ1) is 17.3. The number of hydrogen-bond acceptors (Lipinski definition) is 5. The molecule has 0 saturated carbocycles. The van der Waals surface area contributed by atoms with Gasteiger partial charge in [0.2, 0.25) is 0 Å². The van der Waals surface area contributed by atoms with Crippen molar-refractivity contribution in [1.82, 2.24) is 4.90 Å². The molecule has 0 unspecified atom stereocenters. The highest BCUT2D eigenvalue weighted by Crippen LogP contribution is 2.29. The normalized spacial score (nSPS) is 17.8. The van der Waals surface area contributed by atoms with E-state index in [-0.39, 0.29) is 37.3 Å². The lowest BCUT2D eigenvalue weighted by Gasteiger charge is -2.28. The van der Waals surface area contributed by atoms with Crippen molar-refractivity contribution >= 4 is 17.6 Å². The van der Waals surface area contributed by atoms with E-state index in [0.717, 1.165) is 42.0 Å². The van der Waals surface area contributed by atoms with Crippen molar-refractivity contribution in [2.24, 2.45) is 0 Å². The summed E-state index contributed by atoms with van der Waals surface area (Å²) in [4.78, 5) is 14.1. The van der Waals surface area contributed by atoms with Gasteiger partial charge >= 0.3 is 5.97 Å². The molecule has 2 aromatic carbocycles. The summed E-state index contributed by atoms with van der Waals surface area (Å²) in [5.74, 6) is -0.695. The van der Waals surface area contributed by atoms with Crippen LogP contribution in [0.4, 0.5) is 4.39 Å². The SMILES string of the molecule is CCOC(=O)CCc1c(F)cccc1[C@@H](CC)OC[C@H](O)CN1CCC[C@H]1Cc1ccc(C)c(Cl)c1. The molecule has 198 valence electrons. The topological polar surface area (TPSA) is 59.0 Å². The predicted octanol–water partition coefficient (Wildman–Crippen LogP) is 5.82. The van der Waals surface area contributed by atoms with E-state index in [1.807, 2.05) is 26.0 Å². The molecule has 1 N–H and O–H groups in total. The highest BCUT2D eigenvalue weighted by Gasteiger charge is 2.27. The summed E-state index contributed by atoms with van der Waals surface area (Å²) in [6, 6.07) is 11.5. The molecule has 2 aromatic rings. The minimum absolute atomic E-state index is 0.114. The fourth-order valence-corrected chi connectivity index (χ4v) is 5.18.